The summed E-state index contributed by atoms with van der Waals surface area (Å²) in [7, 11) is 0. The second-order valence-electron chi connectivity index (χ2n) is 6.80. The topological polar surface area (TPSA) is 89.5 Å². The molecule has 8 heteroatoms. The van der Waals surface area contributed by atoms with E-state index in [9.17, 15) is 4.79 Å². The number of nitrogens with one attached hydrogen (secondary N) is 1. The van der Waals surface area contributed by atoms with Crippen LogP contribution in [0.5, 0.6) is 0 Å². The van der Waals surface area contributed by atoms with Gasteiger partial charge < -0.3 is 19.7 Å². The largest absolute Gasteiger partial charge is 0.366 e. The Bertz CT molecular complexity index is 798. The number of carbonyl (C=O) groups is 1. The summed E-state index contributed by atoms with van der Waals surface area (Å²) in [5.41, 5.74) is 1.44. The Morgan fingerprint density at radius 2 is 2.04 bits per heavy atom. The monoisotopic (exact) mass is 369 g/mol. The lowest BCUT2D eigenvalue weighted by molar-refractivity contribution is -0.181. The molecule has 0 radical (unpaired) electrons. The van der Waals surface area contributed by atoms with E-state index < -0.39 is 5.79 Å². The van der Waals surface area contributed by atoms with E-state index in [4.69, 9.17) is 9.47 Å². The van der Waals surface area contributed by atoms with Crippen LogP contribution in [0.1, 0.15) is 34.7 Å². The number of pyridine rings is 1. The van der Waals surface area contributed by atoms with Crippen molar-refractivity contribution in [3.05, 3.63) is 47.7 Å². The summed E-state index contributed by atoms with van der Waals surface area (Å²) in [5.74, 6) is 0.614. The highest BCUT2D eigenvalue weighted by Gasteiger charge is 2.41. The lowest BCUT2D eigenvalue weighted by atomic mass is 10.0. The summed E-state index contributed by atoms with van der Waals surface area (Å²) in [6.07, 6.45) is 4.91. The fourth-order valence-electron chi connectivity index (χ4n) is 3.46. The minimum atomic E-state index is -0.491. The Balaban J connectivity index is 1.42. The molecule has 27 heavy (non-hydrogen) atoms. The normalized spacial score (nSPS) is 18.6. The highest BCUT2D eigenvalue weighted by atomic mass is 16.7. The number of piperidine rings is 1. The molecule has 0 bridgehead atoms. The van der Waals surface area contributed by atoms with E-state index in [0.717, 1.165) is 5.56 Å². The Labute approximate surface area is 157 Å². The van der Waals surface area contributed by atoms with Gasteiger partial charge in [0.25, 0.3) is 5.91 Å². The third kappa shape index (κ3) is 4.06. The summed E-state index contributed by atoms with van der Waals surface area (Å²) in [5, 5.41) is 3.24. The summed E-state index contributed by atoms with van der Waals surface area (Å²) in [6, 6.07) is 5.58. The second-order valence-corrected chi connectivity index (χ2v) is 6.80. The number of hydrogen-bond acceptors (Lipinski definition) is 7. The van der Waals surface area contributed by atoms with Crippen LogP contribution in [-0.2, 0) is 16.0 Å². The molecule has 0 aliphatic carbocycles. The van der Waals surface area contributed by atoms with Gasteiger partial charge in [-0.05, 0) is 18.6 Å². The standard InChI is InChI=1S/C19H23N5O3/c1-14-22-16(11-17(23-14)21-13-15-3-2-6-20-12-15)18(25)24-7-4-19(5-8-24)26-9-10-27-19/h2-3,6,11-12H,4-5,7-10,13H2,1H3,(H,21,22,23). The number of aryl methyl sites for hydroxylation is 1. The molecule has 1 N–H and O–H groups in total. The van der Waals surface area contributed by atoms with Crippen molar-refractivity contribution in [3.8, 4) is 0 Å². The highest BCUT2D eigenvalue weighted by Crippen LogP contribution is 2.31. The quantitative estimate of drug-likeness (QED) is 0.878. The zero-order valence-corrected chi connectivity index (χ0v) is 15.4. The van der Waals surface area contributed by atoms with Crippen molar-refractivity contribution in [3.63, 3.8) is 0 Å². The number of anilines is 1. The number of amides is 1. The van der Waals surface area contributed by atoms with Gasteiger partial charge >= 0.3 is 0 Å². The van der Waals surface area contributed by atoms with E-state index in [0.29, 0.717) is 63.0 Å². The lowest BCUT2D eigenvalue weighted by Crippen LogP contribution is -2.47. The molecule has 4 rings (SSSR count). The van der Waals surface area contributed by atoms with Crippen LogP contribution in [0.4, 0.5) is 5.82 Å². The maximum Gasteiger partial charge on any atom is 0.272 e. The maximum atomic E-state index is 12.9. The van der Waals surface area contributed by atoms with E-state index in [2.05, 4.69) is 20.3 Å². The Morgan fingerprint density at radius 3 is 2.74 bits per heavy atom. The Kier molecular flexibility index (Phi) is 5.00. The first kappa shape index (κ1) is 17.8. The minimum Gasteiger partial charge on any atom is -0.366 e. The molecule has 2 fully saturated rings. The second kappa shape index (κ2) is 7.58. The molecule has 2 aromatic heterocycles. The van der Waals surface area contributed by atoms with E-state index in [1.165, 1.54) is 0 Å². The van der Waals surface area contributed by atoms with E-state index >= 15 is 0 Å². The molecule has 2 aliphatic rings. The first-order valence-electron chi connectivity index (χ1n) is 9.19. The van der Waals surface area contributed by atoms with Gasteiger partial charge in [-0.25, -0.2) is 9.97 Å². The van der Waals surface area contributed by atoms with Gasteiger partial charge in [-0.1, -0.05) is 6.07 Å². The molecule has 8 nitrogen and oxygen atoms in total. The molecule has 1 amide bonds. The maximum absolute atomic E-state index is 12.9. The van der Waals surface area contributed by atoms with E-state index in [-0.39, 0.29) is 5.91 Å². The van der Waals surface area contributed by atoms with Gasteiger partial charge in [0.05, 0.1) is 13.2 Å². The molecular weight excluding hydrogens is 346 g/mol. The average Bonchev–Trinajstić information content (AvgIpc) is 3.15. The van der Waals surface area contributed by atoms with Crippen LogP contribution in [0.25, 0.3) is 0 Å². The van der Waals surface area contributed by atoms with Crippen molar-refractivity contribution in [2.24, 2.45) is 0 Å². The third-order valence-electron chi connectivity index (χ3n) is 4.88. The number of likely N-dealkylation sites (tertiary alicyclic amines) is 1. The smallest absolute Gasteiger partial charge is 0.272 e. The van der Waals surface area contributed by atoms with Crippen LogP contribution >= 0.6 is 0 Å². The lowest BCUT2D eigenvalue weighted by Gasteiger charge is -2.37. The predicted molar refractivity (Wildman–Crippen MR) is 98.1 cm³/mol. The molecule has 1 spiro atoms. The molecule has 4 heterocycles. The van der Waals surface area contributed by atoms with Crippen molar-refractivity contribution in [2.75, 3.05) is 31.6 Å². The van der Waals surface area contributed by atoms with Crippen LogP contribution in [0.3, 0.4) is 0 Å². The minimum absolute atomic E-state index is 0.0854. The fraction of sp³-hybridized carbons (Fsp3) is 0.474. The van der Waals surface area contributed by atoms with Crippen LogP contribution in [0, 0.1) is 6.92 Å². The molecule has 0 aromatic carbocycles. The summed E-state index contributed by atoms with van der Waals surface area (Å²) in [4.78, 5) is 27.5. The van der Waals surface area contributed by atoms with Crippen LogP contribution < -0.4 is 5.32 Å². The molecule has 2 aliphatic heterocycles. The van der Waals surface area contributed by atoms with E-state index in [1.54, 1.807) is 25.4 Å². The molecule has 0 atom stereocenters. The molecule has 0 unspecified atom stereocenters. The number of nitrogens with zero attached hydrogens (tertiary/aromatic N) is 4. The van der Waals surface area contributed by atoms with Crippen LogP contribution in [-0.4, -0.2) is 57.8 Å². The van der Waals surface area contributed by atoms with Crippen LogP contribution in [0.15, 0.2) is 30.6 Å². The molecule has 2 saturated heterocycles. The zero-order chi connectivity index (χ0) is 18.7. The van der Waals surface area contributed by atoms with Gasteiger partial charge in [0, 0.05) is 50.9 Å². The SMILES string of the molecule is Cc1nc(NCc2cccnc2)cc(C(=O)N2CCC3(CC2)OCCO3)n1. The first-order chi connectivity index (χ1) is 13.1. The Hall–Kier alpha value is -2.58. The van der Waals surface area contributed by atoms with Gasteiger partial charge in [0.2, 0.25) is 0 Å². The molecule has 2 aromatic rings. The van der Waals surface area contributed by atoms with Gasteiger partial charge in [-0.15, -0.1) is 0 Å². The first-order valence-corrected chi connectivity index (χ1v) is 9.19. The van der Waals surface area contributed by atoms with Gasteiger partial charge in [0.15, 0.2) is 5.79 Å². The van der Waals surface area contributed by atoms with Crippen molar-refractivity contribution in [1.29, 1.82) is 0 Å². The van der Waals surface area contributed by atoms with Crippen molar-refractivity contribution in [2.45, 2.75) is 32.1 Å². The summed E-state index contributed by atoms with van der Waals surface area (Å²) < 4.78 is 11.5. The molecule has 0 saturated carbocycles. The van der Waals surface area contributed by atoms with E-state index in [1.807, 2.05) is 17.0 Å². The number of hydrogen-bond donors (Lipinski definition) is 1. The summed E-state index contributed by atoms with van der Waals surface area (Å²) in [6.45, 7) is 4.83. The number of aromatic nitrogens is 3. The van der Waals surface area contributed by atoms with Crippen molar-refractivity contribution in [1.82, 2.24) is 19.9 Å². The van der Waals surface area contributed by atoms with Gasteiger partial charge in [0.1, 0.15) is 17.3 Å². The molecule has 142 valence electrons. The van der Waals surface area contributed by atoms with Gasteiger partial charge in [-0.2, -0.15) is 0 Å². The van der Waals surface area contributed by atoms with Crippen LogP contribution in [0.2, 0.25) is 0 Å². The predicted octanol–water partition coefficient (Wildman–Crippen LogP) is 1.77. The van der Waals surface area contributed by atoms with Gasteiger partial charge in [-0.3, -0.25) is 9.78 Å². The highest BCUT2D eigenvalue weighted by molar-refractivity contribution is 5.93. The summed E-state index contributed by atoms with van der Waals surface area (Å²) >= 11 is 0. The third-order valence-corrected chi connectivity index (χ3v) is 4.88. The Morgan fingerprint density at radius 1 is 1.26 bits per heavy atom. The van der Waals surface area contributed by atoms with Crippen molar-refractivity contribution >= 4 is 11.7 Å². The number of carbonyl (C=O) groups excluding carboxylic acids is 1. The fourth-order valence-corrected chi connectivity index (χ4v) is 3.46. The zero-order valence-electron chi connectivity index (χ0n) is 15.4. The number of ether oxygens (including phenoxy) is 2. The van der Waals surface area contributed by atoms with Crippen molar-refractivity contribution < 1.29 is 14.3 Å². The average molecular weight is 369 g/mol. The number of rotatable bonds is 4. The molecular formula is C19H23N5O3.